The van der Waals surface area contributed by atoms with Crippen LogP contribution in [0.25, 0.3) is 0 Å². The van der Waals surface area contributed by atoms with E-state index in [1.807, 2.05) is 26.0 Å². The summed E-state index contributed by atoms with van der Waals surface area (Å²) in [4.78, 5) is 0. The molecule has 0 aromatic carbocycles. The smallest absolute Gasteiger partial charge is 0.330 e. The number of rotatable bonds is 11. The van der Waals surface area contributed by atoms with Crippen LogP contribution in [0.2, 0.25) is 18.1 Å². The zero-order valence-corrected chi connectivity index (χ0v) is 17.8. The van der Waals surface area contributed by atoms with Crippen molar-refractivity contribution in [2.45, 2.75) is 65.3 Å². The maximum absolute atomic E-state index is 12.6. The zero-order chi connectivity index (χ0) is 18.1. The normalized spacial score (nSPS) is 15.1. The summed E-state index contributed by atoms with van der Waals surface area (Å²) in [7, 11) is -4.94. The monoisotopic (exact) mass is 362 g/mol. The van der Waals surface area contributed by atoms with E-state index in [1.165, 1.54) is 0 Å². The van der Waals surface area contributed by atoms with Gasteiger partial charge in [0.1, 0.15) is 0 Å². The minimum atomic E-state index is -3.04. The Morgan fingerprint density at radius 3 is 2.09 bits per heavy atom. The van der Waals surface area contributed by atoms with Crippen LogP contribution < -0.4 is 0 Å². The highest BCUT2D eigenvalue weighted by molar-refractivity contribution is 7.53. The van der Waals surface area contributed by atoms with Crippen LogP contribution in [0.5, 0.6) is 0 Å². The van der Waals surface area contributed by atoms with Crippen molar-refractivity contribution >= 4 is 15.9 Å². The standard InChI is InChI=1S/C17H35O4PSi/c1-9-12-13-16(21-23(7,8)17(4,5)6)14-15-22(18,19-10-2)20-11-3/h9,12-13,16H,1,10-11,14-15H2,2-8H3/b13-12+/t16-/m1/s1. The molecule has 0 fully saturated rings. The lowest BCUT2D eigenvalue weighted by atomic mass is 10.2. The Morgan fingerprint density at radius 1 is 1.17 bits per heavy atom. The molecule has 6 heteroatoms. The van der Waals surface area contributed by atoms with Gasteiger partial charge in [-0.15, -0.1) is 0 Å². The fourth-order valence-corrected chi connectivity index (χ4v) is 4.79. The van der Waals surface area contributed by atoms with Crippen LogP contribution in [0.4, 0.5) is 0 Å². The molecule has 0 saturated carbocycles. The molecule has 0 heterocycles. The van der Waals surface area contributed by atoms with Crippen molar-refractivity contribution in [3.8, 4) is 0 Å². The predicted molar refractivity (Wildman–Crippen MR) is 102 cm³/mol. The summed E-state index contributed by atoms with van der Waals surface area (Å²) in [5.74, 6) is 0. The first-order valence-electron chi connectivity index (χ1n) is 8.36. The van der Waals surface area contributed by atoms with E-state index < -0.39 is 15.9 Å². The minimum Gasteiger partial charge on any atom is -0.411 e. The van der Waals surface area contributed by atoms with Crippen LogP contribution in [0, 0.1) is 0 Å². The van der Waals surface area contributed by atoms with Gasteiger partial charge in [0.05, 0.1) is 25.5 Å². The average Bonchev–Trinajstić information content (AvgIpc) is 2.41. The molecule has 0 rings (SSSR count). The van der Waals surface area contributed by atoms with Crippen molar-refractivity contribution < 1.29 is 18.0 Å². The Bertz CT molecular complexity index is 417. The zero-order valence-electron chi connectivity index (χ0n) is 15.9. The first kappa shape index (κ1) is 22.8. The van der Waals surface area contributed by atoms with Gasteiger partial charge in [0, 0.05) is 0 Å². The van der Waals surface area contributed by atoms with Gasteiger partial charge in [-0.05, 0) is 38.4 Å². The molecular formula is C17H35O4PSi. The Labute approximate surface area is 144 Å². The molecule has 0 aliphatic heterocycles. The van der Waals surface area contributed by atoms with Crippen LogP contribution in [-0.4, -0.2) is 33.8 Å². The molecule has 1 atom stereocenters. The fraction of sp³-hybridized carbons (Fsp3) is 0.765. The maximum atomic E-state index is 12.6. The van der Waals surface area contributed by atoms with Crippen molar-refractivity contribution in [3.05, 3.63) is 24.8 Å². The second-order valence-electron chi connectivity index (χ2n) is 7.00. The summed E-state index contributed by atoms with van der Waals surface area (Å²) >= 11 is 0. The predicted octanol–water partition coefficient (Wildman–Crippen LogP) is 5.78. The second-order valence-corrected chi connectivity index (χ2v) is 13.9. The Morgan fingerprint density at radius 2 is 1.70 bits per heavy atom. The molecule has 0 spiro atoms. The Balaban J connectivity index is 5.03. The number of hydrogen-bond acceptors (Lipinski definition) is 4. The molecule has 0 aliphatic carbocycles. The second kappa shape index (κ2) is 9.95. The van der Waals surface area contributed by atoms with E-state index in [2.05, 4.69) is 40.4 Å². The molecule has 0 N–H and O–H groups in total. The lowest BCUT2D eigenvalue weighted by Crippen LogP contribution is -2.43. The number of hydrogen-bond donors (Lipinski definition) is 0. The van der Waals surface area contributed by atoms with Crippen molar-refractivity contribution in [2.24, 2.45) is 0 Å². The van der Waals surface area contributed by atoms with Crippen LogP contribution in [0.15, 0.2) is 24.8 Å². The van der Waals surface area contributed by atoms with E-state index in [1.54, 1.807) is 6.08 Å². The summed E-state index contributed by atoms with van der Waals surface area (Å²) in [5, 5.41) is 0.122. The van der Waals surface area contributed by atoms with E-state index >= 15 is 0 Å². The third-order valence-electron chi connectivity index (χ3n) is 4.05. The summed E-state index contributed by atoms with van der Waals surface area (Å²) < 4.78 is 29.8. The lowest BCUT2D eigenvalue weighted by molar-refractivity contribution is 0.200. The topological polar surface area (TPSA) is 44.8 Å². The Hall–Kier alpha value is -0.193. The maximum Gasteiger partial charge on any atom is 0.330 e. The van der Waals surface area contributed by atoms with E-state index in [-0.39, 0.29) is 11.1 Å². The largest absolute Gasteiger partial charge is 0.411 e. The van der Waals surface area contributed by atoms with Gasteiger partial charge in [0.15, 0.2) is 8.32 Å². The molecule has 136 valence electrons. The molecule has 23 heavy (non-hydrogen) atoms. The van der Waals surface area contributed by atoms with Crippen LogP contribution in [0.1, 0.15) is 41.0 Å². The summed E-state index contributed by atoms with van der Waals surface area (Å²) in [5.41, 5.74) is 0. The van der Waals surface area contributed by atoms with Crippen molar-refractivity contribution in [1.29, 1.82) is 0 Å². The van der Waals surface area contributed by atoms with Crippen LogP contribution in [0.3, 0.4) is 0 Å². The molecule has 0 unspecified atom stereocenters. The average molecular weight is 363 g/mol. The highest BCUT2D eigenvalue weighted by atomic mass is 31.2. The van der Waals surface area contributed by atoms with Gasteiger partial charge in [-0.2, -0.15) is 0 Å². The fourth-order valence-electron chi connectivity index (χ4n) is 1.80. The van der Waals surface area contributed by atoms with Gasteiger partial charge in [-0.25, -0.2) is 0 Å². The third kappa shape index (κ3) is 8.46. The highest BCUT2D eigenvalue weighted by Gasteiger charge is 2.39. The highest BCUT2D eigenvalue weighted by Crippen LogP contribution is 2.49. The minimum absolute atomic E-state index is 0.108. The summed E-state index contributed by atoms with van der Waals surface area (Å²) in [6.45, 7) is 19.2. The molecule has 4 nitrogen and oxygen atoms in total. The first-order valence-corrected chi connectivity index (χ1v) is 13.0. The van der Waals surface area contributed by atoms with E-state index in [0.29, 0.717) is 25.8 Å². The summed E-state index contributed by atoms with van der Waals surface area (Å²) in [6.07, 6.45) is 6.44. The van der Waals surface area contributed by atoms with Gasteiger partial charge < -0.3 is 13.5 Å². The van der Waals surface area contributed by atoms with Crippen LogP contribution >= 0.6 is 7.60 Å². The van der Waals surface area contributed by atoms with Gasteiger partial charge in [-0.3, -0.25) is 4.57 Å². The Kier molecular flexibility index (Phi) is 9.86. The molecule has 0 saturated heterocycles. The lowest BCUT2D eigenvalue weighted by Gasteiger charge is -2.38. The molecule has 0 amide bonds. The first-order chi connectivity index (χ1) is 10.5. The summed E-state index contributed by atoms with van der Waals surface area (Å²) in [6, 6.07) is 0. The molecular weight excluding hydrogens is 327 g/mol. The van der Waals surface area contributed by atoms with E-state index in [4.69, 9.17) is 13.5 Å². The van der Waals surface area contributed by atoms with Crippen molar-refractivity contribution in [1.82, 2.24) is 0 Å². The number of allylic oxidation sites excluding steroid dienone is 2. The molecule has 0 aliphatic rings. The van der Waals surface area contributed by atoms with Crippen LogP contribution in [-0.2, 0) is 18.0 Å². The van der Waals surface area contributed by atoms with Crippen molar-refractivity contribution in [2.75, 3.05) is 19.4 Å². The van der Waals surface area contributed by atoms with E-state index in [0.717, 1.165) is 0 Å². The van der Waals surface area contributed by atoms with Gasteiger partial charge in [0.2, 0.25) is 0 Å². The molecule has 0 aromatic rings. The quantitative estimate of drug-likeness (QED) is 0.266. The SMILES string of the molecule is C=C/C=C/[C@H](CCP(=O)(OCC)OCC)O[Si](C)(C)C(C)(C)C. The third-order valence-corrected chi connectivity index (χ3v) is 10.7. The van der Waals surface area contributed by atoms with E-state index in [9.17, 15) is 4.57 Å². The van der Waals surface area contributed by atoms with Gasteiger partial charge in [0.25, 0.3) is 0 Å². The molecule has 0 radical (unpaired) electrons. The van der Waals surface area contributed by atoms with Gasteiger partial charge >= 0.3 is 7.60 Å². The van der Waals surface area contributed by atoms with Gasteiger partial charge in [-0.1, -0.05) is 45.6 Å². The van der Waals surface area contributed by atoms with Crippen molar-refractivity contribution in [3.63, 3.8) is 0 Å². The molecule has 0 aromatic heterocycles. The molecule has 0 bridgehead atoms.